The van der Waals surface area contributed by atoms with E-state index in [1.54, 1.807) is 0 Å². The smallest absolute Gasteiger partial charge is 2.00 e. The summed E-state index contributed by atoms with van der Waals surface area (Å²) in [6.45, 7) is 0. The number of hydrogen-bond donors (Lipinski definition) is 0. The monoisotopic (exact) mass is 192 g/mol. The molecule has 30 valence electrons. The molecule has 0 saturated carbocycles. The molecule has 0 aliphatic rings. The van der Waals surface area contributed by atoms with Gasteiger partial charge in [-0.1, -0.05) is 0 Å². The maximum absolute atomic E-state index is 0. The van der Waals surface area contributed by atoms with Gasteiger partial charge in [-0.05, 0) is 0 Å². The average Bonchev–Trinajstić information content (AvgIpc) is 0. The van der Waals surface area contributed by atoms with E-state index in [9.17, 15) is 0 Å². The second-order valence-corrected chi connectivity index (χ2v) is 0. The van der Waals surface area contributed by atoms with Crippen molar-refractivity contribution in [1.29, 1.82) is 0 Å². The van der Waals surface area contributed by atoms with Crippen LogP contribution in [0.5, 0.6) is 0 Å². The Bertz CT molecular complexity index is 10.8. The zero-order valence-corrected chi connectivity index (χ0v) is 8.48. The first-order chi connectivity index (χ1) is 0. The molecule has 0 saturated heterocycles. The SMILES string of the molecule is [Fe+2].[Mg+2].[O-2].[O-2].[O-2].[Zn+2]. The minimum absolute atomic E-state index is 0. The first-order valence-corrected chi connectivity index (χ1v) is 0. The Morgan fingerprint density at radius 2 is 0.667 bits per heavy atom. The molecule has 6 heavy (non-hydrogen) atoms. The van der Waals surface area contributed by atoms with E-state index >= 15 is 0 Å². The summed E-state index contributed by atoms with van der Waals surface area (Å²) >= 11 is 0. The quantitative estimate of drug-likeness (QED) is 0.454. The van der Waals surface area contributed by atoms with Gasteiger partial charge in [0.1, 0.15) is 0 Å². The molecule has 0 unspecified atom stereocenters. The molecule has 0 aromatic rings. The normalized spacial score (nSPS) is 0. The summed E-state index contributed by atoms with van der Waals surface area (Å²) in [5, 5.41) is 0. The van der Waals surface area contributed by atoms with Crippen LogP contribution in [0.2, 0.25) is 0 Å². The van der Waals surface area contributed by atoms with Crippen molar-refractivity contribution in [2.24, 2.45) is 0 Å². The van der Waals surface area contributed by atoms with Gasteiger partial charge in [-0.15, -0.1) is 0 Å². The minimum Gasteiger partial charge on any atom is -2.00 e. The van der Waals surface area contributed by atoms with Gasteiger partial charge in [0.15, 0.2) is 0 Å². The van der Waals surface area contributed by atoms with Crippen molar-refractivity contribution in [3.05, 3.63) is 0 Å². The Hall–Kier alpha value is 1.79. The van der Waals surface area contributed by atoms with E-state index in [0.29, 0.717) is 0 Å². The molecule has 0 fully saturated rings. The third-order valence-electron chi connectivity index (χ3n) is 0. The molecule has 0 amide bonds. The van der Waals surface area contributed by atoms with Gasteiger partial charge in [0.25, 0.3) is 0 Å². The molecular formula is FeMgO3Zn. The van der Waals surface area contributed by atoms with Gasteiger partial charge in [-0.2, -0.15) is 0 Å². The van der Waals surface area contributed by atoms with Crippen LogP contribution in [-0.4, -0.2) is 23.1 Å². The Labute approximate surface area is 75.6 Å². The summed E-state index contributed by atoms with van der Waals surface area (Å²) in [4.78, 5) is 0. The van der Waals surface area contributed by atoms with Gasteiger partial charge >= 0.3 is 59.6 Å². The van der Waals surface area contributed by atoms with Gasteiger partial charge in [0.2, 0.25) is 0 Å². The molecule has 0 heterocycles. The fourth-order valence-electron chi connectivity index (χ4n) is 0. The van der Waals surface area contributed by atoms with Crippen LogP contribution in [0.1, 0.15) is 0 Å². The maximum Gasteiger partial charge on any atom is 2.00 e. The van der Waals surface area contributed by atoms with Crippen LogP contribution in [0.3, 0.4) is 0 Å². The van der Waals surface area contributed by atoms with Crippen molar-refractivity contribution < 1.29 is 53.0 Å². The largest absolute Gasteiger partial charge is 2.00 e. The predicted molar refractivity (Wildman–Crippen MR) is 7.81 cm³/mol. The van der Waals surface area contributed by atoms with E-state index in [2.05, 4.69) is 0 Å². The van der Waals surface area contributed by atoms with Gasteiger partial charge in [-0.25, -0.2) is 0 Å². The second-order valence-electron chi connectivity index (χ2n) is 0. The van der Waals surface area contributed by atoms with Crippen LogP contribution in [0.25, 0.3) is 0 Å². The average molecular weight is 194 g/mol. The fraction of sp³-hybridized carbons (Fsp3) is 0. The minimum atomic E-state index is 0. The van der Waals surface area contributed by atoms with Gasteiger partial charge in [0, 0.05) is 0 Å². The van der Waals surface area contributed by atoms with Crippen LogP contribution in [0.15, 0.2) is 0 Å². The van der Waals surface area contributed by atoms with Crippen molar-refractivity contribution in [1.82, 2.24) is 0 Å². The molecule has 0 radical (unpaired) electrons. The molecule has 0 aliphatic heterocycles. The number of rotatable bonds is 0. The molecule has 0 N–H and O–H groups in total. The van der Waals surface area contributed by atoms with Gasteiger partial charge < -0.3 is 16.4 Å². The third-order valence-corrected chi connectivity index (χ3v) is 0. The summed E-state index contributed by atoms with van der Waals surface area (Å²) in [6, 6.07) is 0. The Morgan fingerprint density at radius 3 is 0.667 bits per heavy atom. The van der Waals surface area contributed by atoms with Gasteiger partial charge in [-0.3, -0.25) is 0 Å². The van der Waals surface area contributed by atoms with E-state index < -0.39 is 0 Å². The Morgan fingerprint density at radius 1 is 0.667 bits per heavy atom. The van der Waals surface area contributed by atoms with E-state index in [4.69, 9.17) is 0 Å². The van der Waals surface area contributed by atoms with Crippen molar-refractivity contribution >= 4 is 23.1 Å². The molecule has 0 aromatic carbocycles. The summed E-state index contributed by atoms with van der Waals surface area (Å²) in [6.07, 6.45) is 0. The summed E-state index contributed by atoms with van der Waals surface area (Å²) < 4.78 is 0. The fourth-order valence-corrected chi connectivity index (χ4v) is 0. The summed E-state index contributed by atoms with van der Waals surface area (Å²) in [5.41, 5.74) is 0. The first kappa shape index (κ1) is 112. The summed E-state index contributed by atoms with van der Waals surface area (Å²) in [5.74, 6) is 0. The van der Waals surface area contributed by atoms with E-state index in [-0.39, 0.29) is 76.0 Å². The molecule has 3 nitrogen and oxygen atoms in total. The molecule has 0 spiro atoms. The van der Waals surface area contributed by atoms with E-state index in [0.717, 1.165) is 0 Å². The van der Waals surface area contributed by atoms with Crippen LogP contribution in [-0.2, 0) is 53.0 Å². The van der Waals surface area contributed by atoms with Crippen molar-refractivity contribution in [3.63, 3.8) is 0 Å². The molecule has 0 bridgehead atoms. The van der Waals surface area contributed by atoms with Crippen LogP contribution in [0, 0.1) is 0 Å². The predicted octanol–water partition coefficient (Wildman–Crippen LogP) is -0.742. The van der Waals surface area contributed by atoms with Crippen molar-refractivity contribution in [2.45, 2.75) is 0 Å². The van der Waals surface area contributed by atoms with Gasteiger partial charge in [0.05, 0.1) is 0 Å². The van der Waals surface area contributed by atoms with Crippen LogP contribution < -0.4 is 0 Å². The zero-order valence-electron chi connectivity index (χ0n) is 2.99. The van der Waals surface area contributed by atoms with Crippen molar-refractivity contribution in [3.8, 4) is 0 Å². The third kappa shape index (κ3) is 41.5. The molecule has 0 aliphatic carbocycles. The van der Waals surface area contributed by atoms with E-state index in [1.807, 2.05) is 0 Å². The van der Waals surface area contributed by atoms with E-state index in [1.165, 1.54) is 0 Å². The first-order valence-electron chi connectivity index (χ1n) is 0. The second kappa shape index (κ2) is 71.1. The topological polar surface area (TPSA) is 85.5 Å². The number of hydrogen-bond acceptors (Lipinski definition) is 0. The molecule has 0 atom stereocenters. The standard InChI is InChI=1S/Fe.Mg.3O.Zn/q2*+2;3*-2;+2. The molecule has 6 heteroatoms. The zero-order chi connectivity index (χ0) is 0. The summed E-state index contributed by atoms with van der Waals surface area (Å²) in [7, 11) is 0. The van der Waals surface area contributed by atoms with Crippen LogP contribution >= 0.6 is 0 Å². The van der Waals surface area contributed by atoms with Crippen LogP contribution in [0.4, 0.5) is 0 Å². The Kier molecular flexibility index (Phi) is 1330. The van der Waals surface area contributed by atoms with Crippen molar-refractivity contribution in [2.75, 3.05) is 0 Å². The Balaban J connectivity index is 0. The molecule has 0 aromatic heterocycles. The maximum atomic E-state index is 0. The molecule has 0 rings (SSSR count). The molecular weight excluding hydrogens is 194 g/mol.